The molecular formula is C94H95Cl4F3N12O15S3. The van der Waals surface area contributed by atoms with Gasteiger partial charge in [0.15, 0.2) is 12.0 Å². The number of halogens is 7. The van der Waals surface area contributed by atoms with Crippen LogP contribution in [0.1, 0.15) is 97.7 Å². The molecule has 0 saturated carbocycles. The number of carbonyl (C=O) groups excluding carboxylic acids is 2. The van der Waals surface area contributed by atoms with E-state index in [0.29, 0.717) is 124 Å². The number of benzene rings is 9. The third-order valence-electron chi connectivity index (χ3n) is 16.6. The fourth-order valence-electron chi connectivity index (χ4n) is 11.1. The maximum absolute atomic E-state index is 13.7. The van der Waals surface area contributed by atoms with Gasteiger partial charge in [-0.25, -0.2) is 66.1 Å². The van der Waals surface area contributed by atoms with Crippen LogP contribution in [0.15, 0.2) is 251 Å². The number of anilines is 6. The molecular weight excluding hydrogens is 1830 g/mol. The second-order valence-corrected chi connectivity index (χ2v) is 31.9. The zero-order valence-electron chi connectivity index (χ0n) is 85.4. The standard InChI is InChI=1S/C34H34ClFN4O6S.C29H26ClFN4O4S.C26H17ClFN3O3.C3H9NO2S.2CH4.ClH/c1-34(2,3)45-33(41)40(14-15-47-46-42-4)19-26-10-13-30(44-26)23-8-11-29-27(17-23)32(38-21-37-29)39-25-9-12-31(28(35)18-25)43-20-22-6-5-7-24(36)16-22;1-36-39-40-12-11-32-16-23-7-10-27(38-23)20-5-8-26-24(14-20)29(34-18-33-26)35-22-6-9-28(25(30)15-22)37-17-19-3-2-4-21(31)13-19;27-22-12-19(5-8-25(22)33-14-16-2-1-3-18(28)10-16)31-26-21-11-17(4-7-23(21)29-15-30-26)24-9-6-20(13-32)34-24;1-7(5,6)3-2-4;;;/h5-13,16-18,21H,14-15,19-20H2,1-4H3,(H,37,38,39);2-10,13-15,18,32H,11-12,16-17H2,1H3,(H,33,34,35);1-13,15H,14H2,(H,29,30,31);2-4H2,1H3;2*1H4;1H/i14D2,19D2,20D2;11D2,16D2,17D2;13D,14D2;2D2;;;. The summed E-state index contributed by atoms with van der Waals surface area (Å²) >= 11 is 20.5. The molecule has 15 aromatic rings. The lowest BCUT2D eigenvalue weighted by Gasteiger charge is -2.26. The first-order valence-electron chi connectivity index (χ1n) is 46.0. The van der Waals surface area contributed by atoms with E-state index in [9.17, 15) is 31.2 Å². The molecule has 0 spiro atoms. The Bertz CT molecular complexity index is 7310. The van der Waals surface area contributed by atoms with E-state index in [-0.39, 0.29) is 105 Å². The minimum Gasteiger partial charge on any atom is -0.487 e. The van der Waals surface area contributed by atoms with E-state index in [1.54, 1.807) is 112 Å². The lowest BCUT2D eigenvalue weighted by Crippen LogP contribution is -2.37. The summed E-state index contributed by atoms with van der Waals surface area (Å²) in [4.78, 5) is 59.7. The molecule has 0 radical (unpaired) electrons. The molecule has 0 bridgehead atoms. The second-order valence-electron chi connectivity index (χ2n) is 27.2. The highest BCUT2D eigenvalue weighted by Gasteiger charge is 2.25. The monoisotopic (exact) mass is 1940 g/mol. The number of aromatic nitrogens is 6. The van der Waals surface area contributed by atoms with Gasteiger partial charge in [-0.05, 0) is 219 Å². The maximum atomic E-state index is 13.7. The van der Waals surface area contributed by atoms with Gasteiger partial charge in [-0.2, -0.15) is 8.67 Å². The highest BCUT2D eigenvalue weighted by atomic mass is 35.5. The van der Waals surface area contributed by atoms with Crippen LogP contribution < -0.4 is 41.2 Å². The minimum atomic E-state index is -3.28. The van der Waals surface area contributed by atoms with Gasteiger partial charge in [0, 0.05) is 117 Å². The number of hydrogen-bond acceptors (Lipinski definition) is 28. The van der Waals surface area contributed by atoms with Crippen LogP contribution in [-0.2, 0) is 65.7 Å². The first-order chi connectivity index (χ1) is 68.0. The van der Waals surface area contributed by atoms with Crippen LogP contribution in [0.2, 0.25) is 15.1 Å². The number of ether oxygens (including phenoxy) is 4. The predicted octanol–water partition coefficient (Wildman–Crippen LogP) is 23.8. The van der Waals surface area contributed by atoms with Crippen molar-refractivity contribution in [3.8, 4) is 51.2 Å². The zero-order valence-corrected chi connectivity index (χ0v) is 73.9. The van der Waals surface area contributed by atoms with Crippen molar-refractivity contribution >= 4 is 161 Å². The number of fused-ring (bicyclic) bond motifs is 3. The molecule has 27 nitrogen and oxygen atoms in total. The number of amides is 1. The molecule has 0 aliphatic carbocycles. The average Bonchev–Trinajstić information content (AvgIpc) is 1.49. The number of aldehydes is 1. The summed E-state index contributed by atoms with van der Waals surface area (Å²) in [5.41, 5.74) is 8.77. The minimum absolute atomic E-state index is 0. The van der Waals surface area contributed by atoms with Crippen molar-refractivity contribution in [3.05, 3.63) is 304 Å². The average molecular weight is 1940 g/mol. The molecule has 0 saturated heterocycles. The van der Waals surface area contributed by atoms with Crippen LogP contribution in [0.3, 0.4) is 0 Å². The van der Waals surface area contributed by atoms with Crippen molar-refractivity contribution < 1.29 is 105 Å². The summed E-state index contributed by atoms with van der Waals surface area (Å²) < 4.78 is 248. The predicted molar refractivity (Wildman–Crippen MR) is 512 cm³/mol. The van der Waals surface area contributed by atoms with Crippen LogP contribution in [0.4, 0.5) is 52.5 Å². The number of nitrogens with two attached hydrogens (primary N) is 1. The van der Waals surface area contributed by atoms with Crippen molar-refractivity contribution in [1.82, 2.24) is 40.1 Å². The summed E-state index contributed by atoms with van der Waals surface area (Å²) in [5.74, 6) is -1.41. The van der Waals surface area contributed by atoms with Gasteiger partial charge in [-0.3, -0.25) is 9.69 Å². The molecule has 6 aromatic heterocycles. The molecule has 0 atom stereocenters. The Morgan fingerprint density at radius 3 is 1.30 bits per heavy atom. The van der Waals surface area contributed by atoms with Gasteiger partial charge >= 0.3 is 6.09 Å². The van der Waals surface area contributed by atoms with Crippen LogP contribution >= 0.6 is 71.3 Å². The lowest BCUT2D eigenvalue weighted by molar-refractivity contribution is -0.160. The number of sulfone groups is 1. The third kappa shape index (κ3) is 31.3. The summed E-state index contributed by atoms with van der Waals surface area (Å²) in [6.07, 6.45) is 2.91. The number of hydrogen-bond donors (Lipinski definition) is 5. The molecule has 6 N–H and O–H groups in total. The fourth-order valence-corrected chi connectivity index (χ4v) is 12.7. The molecule has 15 rings (SSSR count). The summed E-state index contributed by atoms with van der Waals surface area (Å²) in [7, 11) is -0.778. The Kier molecular flexibility index (Phi) is 30.7. The van der Waals surface area contributed by atoms with Crippen LogP contribution in [0, 0.1) is 17.5 Å². The van der Waals surface area contributed by atoms with Crippen LogP contribution in [0.25, 0.3) is 66.7 Å². The van der Waals surface area contributed by atoms with Crippen LogP contribution in [-0.4, -0.2) is 118 Å². The number of rotatable bonds is 35. The largest absolute Gasteiger partial charge is 0.487 e. The quantitative estimate of drug-likeness (QED) is 0.00810. The van der Waals surface area contributed by atoms with Crippen molar-refractivity contribution in [2.75, 3.05) is 73.2 Å². The SMILES string of the molecule is C.C.Cl.[2H]C(=O)c1ccc(-c2ccc3ncnc(Nc4ccc(OC([2H])([2H])c5cccc(F)c5)c(Cl)c4)c3c2)o1.[2H]C([2H])(CSOOC)NC([2H])([2H])c1ccc(-c2ccc3ncnc(Nc4ccc(OC([2H])([2H])c5cccc(F)c5)c(Cl)c4)c3c2)o1.[2H]C([2H])(N)CS(C)(=O)=O.[2H]C([2H])(Oc1ccc(Nc2ncnc3ccc(-c4ccc(C([2H])([2H])N(C(=O)OC(C)(C)C)C([2H])([2H])CSOOC)o4)cc23)cc1Cl)c1cccc(F)c1. The van der Waals surface area contributed by atoms with Gasteiger partial charge in [0.1, 0.15) is 136 Å². The molecule has 0 aliphatic heterocycles. The van der Waals surface area contributed by atoms with Crippen molar-refractivity contribution in [1.29, 1.82) is 0 Å². The van der Waals surface area contributed by atoms with Gasteiger partial charge in [-0.1, -0.05) is 86.1 Å². The van der Waals surface area contributed by atoms with Gasteiger partial charge in [0.2, 0.25) is 0 Å². The Balaban J connectivity index is 0.000000237. The zero-order chi connectivity index (χ0) is 106. The Morgan fingerprint density at radius 2 is 0.931 bits per heavy atom. The molecule has 6 heterocycles. The fraction of sp³-hybridized carbons (Fsp3) is 0.213. The first-order valence-corrected chi connectivity index (χ1v) is 42.5. The van der Waals surface area contributed by atoms with E-state index < -0.39 is 109 Å². The van der Waals surface area contributed by atoms with Gasteiger partial charge < -0.3 is 59.2 Å². The van der Waals surface area contributed by atoms with Crippen molar-refractivity contribution in [2.24, 2.45) is 5.73 Å². The van der Waals surface area contributed by atoms with E-state index in [0.717, 1.165) is 24.5 Å². The number of furan rings is 3. The van der Waals surface area contributed by atoms with E-state index in [1.165, 1.54) is 142 Å². The number of carbonyl (C=O) groups is 2. The third-order valence-corrected chi connectivity index (χ3v) is 19.2. The number of nitrogens with zero attached hydrogens (tertiary/aromatic N) is 7. The lowest BCUT2D eigenvalue weighted by atomic mass is 10.1. The normalized spacial score (nSPS) is 13.8. The van der Waals surface area contributed by atoms with Crippen molar-refractivity contribution in [3.63, 3.8) is 0 Å². The van der Waals surface area contributed by atoms with Crippen molar-refractivity contribution in [2.45, 2.75) is 73.9 Å². The summed E-state index contributed by atoms with van der Waals surface area (Å²) in [6.45, 7) is -14.4. The first kappa shape index (κ1) is 79.9. The second kappa shape index (κ2) is 50.4. The highest BCUT2D eigenvalue weighted by Crippen LogP contribution is 2.38. The Morgan fingerprint density at radius 1 is 0.534 bits per heavy atom. The van der Waals surface area contributed by atoms with E-state index in [4.69, 9.17) is 100 Å². The summed E-state index contributed by atoms with van der Waals surface area (Å²) in [6, 6.07) is 53.6. The molecule has 9 aromatic carbocycles. The van der Waals surface area contributed by atoms with Gasteiger partial charge in [0.25, 0.3) is 0 Å². The molecule has 131 heavy (non-hydrogen) atoms. The smallest absolute Gasteiger partial charge is 0.410 e. The Hall–Kier alpha value is -12.1. The summed E-state index contributed by atoms with van der Waals surface area (Å²) in [5, 5.41) is 13.9. The molecule has 0 unspecified atom stereocenters. The van der Waals surface area contributed by atoms with E-state index in [1.807, 2.05) is 0 Å². The number of nitrogens with one attached hydrogen (secondary N) is 4. The van der Waals surface area contributed by atoms with Gasteiger partial charge in [0.05, 0.1) is 81.0 Å². The van der Waals surface area contributed by atoms with E-state index >= 15 is 0 Å². The molecule has 0 fully saturated rings. The molecule has 1 amide bonds. The van der Waals surface area contributed by atoms with Crippen LogP contribution in [0.5, 0.6) is 17.2 Å². The van der Waals surface area contributed by atoms with E-state index in [2.05, 4.69) is 65.3 Å². The topological polar surface area (TPSA) is 336 Å². The highest BCUT2D eigenvalue weighted by molar-refractivity contribution is 7.94. The molecule has 688 valence electrons. The van der Waals surface area contributed by atoms with Gasteiger partial charge in [-0.15, -0.1) is 12.4 Å². The Labute approximate surface area is 809 Å². The molecule has 37 heteroatoms. The molecule has 0 aliphatic rings. The maximum Gasteiger partial charge on any atom is 0.410 e.